The van der Waals surface area contributed by atoms with Gasteiger partial charge in [0.25, 0.3) is 5.91 Å². The number of tetrazole rings is 1. The fourth-order valence-corrected chi connectivity index (χ4v) is 1.98. The Morgan fingerprint density at radius 3 is 2.57 bits per heavy atom. The molecule has 1 N–H and O–H groups in total. The highest BCUT2D eigenvalue weighted by atomic mass is 16.2. The first kappa shape index (κ1) is 12.9. The zero-order chi connectivity index (χ0) is 14.5. The fourth-order valence-electron chi connectivity index (χ4n) is 1.98. The number of carbonyl (C=O) groups excluding carboxylic acids is 1. The number of nitrogens with one attached hydrogen (secondary N) is 1. The molecule has 0 aliphatic heterocycles. The van der Waals surface area contributed by atoms with Gasteiger partial charge in [0.1, 0.15) is 12.1 Å². The number of aromatic nitrogens is 5. The summed E-state index contributed by atoms with van der Waals surface area (Å²) in [5, 5.41) is 13.8. The lowest BCUT2D eigenvalue weighted by Crippen LogP contribution is -2.27. The molecule has 7 nitrogen and oxygen atoms in total. The molecule has 0 saturated carbocycles. The molecule has 21 heavy (non-hydrogen) atoms. The monoisotopic (exact) mass is 280 g/mol. The number of pyridine rings is 1. The molecule has 0 unspecified atom stereocenters. The van der Waals surface area contributed by atoms with Gasteiger partial charge in [0.2, 0.25) is 0 Å². The van der Waals surface area contributed by atoms with Crippen molar-refractivity contribution in [2.75, 3.05) is 5.32 Å². The van der Waals surface area contributed by atoms with Gasteiger partial charge in [-0.3, -0.25) is 4.79 Å². The van der Waals surface area contributed by atoms with Crippen molar-refractivity contribution in [1.82, 2.24) is 25.2 Å². The van der Waals surface area contributed by atoms with Crippen LogP contribution in [0.25, 0.3) is 0 Å². The van der Waals surface area contributed by atoms with Crippen LogP contribution < -0.4 is 5.32 Å². The third-order valence-electron chi connectivity index (χ3n) is 2.91. The molecule has 0 aliphatic carbocycles. The van der Waals surface area contributed by atoms with Crippen LogP contribution in [0.5, 0.6) is 0 Å². The predicted octanol–water partition coefficient (Wildman–Crippen LogP) is 1.30. The third kappa shape index (κ3) is 2.92. The quantitative estimate of drug-likeness (QED) is 0.778. The van der Waals surface area contributed by atoms with E-state index in [1.807, 2.05) is 30.3 Å². The van der Waals surface area contributed by atoms with E-state index < -0.39 is 6.04 Å². The summed E-state index contributed by atoms with van der Waals surface area (Å²) in [7, 11) is 0. The van der Waals surface area contributed by atoms with E-state index in [1.54, 1.807) is 24.4 Å². The van der Waals surface area contributed by atoms with Gasteiger partial charge >= 0.3 is 0 Å². The maximum Gasteiger partial charge on any atom is 0.255 e. The second kappa shape index (κ2) is 5.91. The van der Waals surface area contributed by atoms with E-state index in [0.29, 0.717) is 5.82 Å². The average Bonchev–Trinajstić information content (AvgIpc) is 3.03. The molecule has 0 bridgehead atoms. The van der Waals surface area contributed by atoms with Gasteiger partial charge in [0.05, 0.1) is 0 Å². The molecular formula is C14H12N6O. The van der Waals surface area contributed by atoms with Crippen LogP contribution in [0.4, 0.5) is 5.82 Å². The Kier molecular flexibility index (Phi) is 3.64. The van der Waals surface area contributed by atoms with E-state index in [2.05, 4.69) is 25.8 Å². The van der Waals surface area contributed by atoms with Crippen LogP contribution in [0.2, 0.25) is 0 Å². The standard InChI is InChI=1S/C14H12N6O/c21-14(17-12-8-4-5-9-15-12)13(20-10-16-18-19-20)11-6-2-1-3-7-11/h1-10,13H,(H,15,17,21)/t13-/m0/s1. The van der Waals surface area contributed by atoms with Crippen molar-refractivity contribution in [3.05, 3.63) is 66.6 Å². The van der Waals surface area contributed by atoms with Crippen molar-refractivity contribution < 1.29 is 4.79 Å². The van der Waals surface area contributed by atoms with Crippen LogP contribution in [0.3, 0.4) is 0 Å². The first-order valence-electron chi connectivity index (χ1n) is 6.34. The highest BCUT2D eigenvalue weighted by molar-refractivity contribution is 5.94. The van der Waals surface area contributed by atoms with Crippen LogP contribution in [-0.2, 0) is 4.79 Å². The van der Waals surface area contributed by atoms with Crippen molar-refractivity contribution >= 4 is 11.7 Å². The number of hydrogen-bond acceptors (Lipinski definition) is 5. The zero-order valence-corrected chi connectivity index (χ0v) is 11.0. The van der Waals surface area contributed by atoms with Crippen molar-refractivity contribution in [1.29, 1.82) is 0 Å². The van der Waals surface area contributed by atoms with Gasteiger partial charge in [0, 0.05) is 6.20 Å². The SMILES string of the molecule is O=C(Nc1ccccn1)[C@H](c1ccccc1)n1cnnn1. The molecule has 2 heterocycles. The topological polar surface area (TPSA) is 85.6 Å². The summed E-state index contributed by atoms with van der Waals surface area (Å²) in [6.07, 6.45) is 3.03. The minimum atomic E-state index is -0.650. The summed E-state index contributed by atoms with van der Waals surface area (Å²) >= 11 is 0. The molecule has 1 amide bonds. The maximum absolute atomic E-state index is 12.5. The minimum absolute atomic E-state index is 0.257. The molecule has 2 aromatic heterocycles. The molecule has 104 valence electrons. The number of carbonyl (C=O) groups is 1. The van der Waals surface area contributed by atoms with Gasteiger partial charge in [-0.15, -0.1) is 5.10 Å². The van der Waals surface area contributed by atoms with Crippen LogP contribution >= 0.6 is 0 Å². The van der Waals surface area contributed by atoms with E-state index in [0.717, 1.165) is 5.56 Å². The molecule has 3 rings (SSSR count). The first-order chi connectivity index (χ1) is 10.3. The van der Waals surface area contributed by atoms with Gasteiger partial charge in [0.15, 0.2) is 6.04 Å². The second-order valence-corrected chi connectivity index (χ2v) is 4.31. The van der Waals surface area contributed by atoms with Crippen molar-refractivity contribution in [3.63, 3.8) is 0 Å². The lowest BCUT2D eigenvalue weighted by molar-refractivity contribution is -0.118. The van der Waals surface area contributed by atoms with Gasteiger partial charge in [-0.05, 0) is 28.1 Å². The summed E-state index contributed by atoms with van der Waals surface area (Å²) in [5.74, 6) is 0.226. The Hall–Kier alpha value is -3.09. The lowest BCUT2D eigenvalue weighted by Gasteiger charge is -2.16. The van der Waals surface area contributed by atoms with E-state index in [9.17, 15) is 4.79 Å². The summed E-state index contributed by atoms with van der Waals surface area (Å²) in [5.41, 5.74) is 0.790. The minimum Gasteiger partial charge on any atom is -0.309 e. The van der Waals surface area contributed by atoms with E-state index >= 15 is 0 Å². The molecule has 0 radical (unpaired) electrons. The van der Waals surface area contributed by atoms with E-state index in [-0.39, 0.29) is 5.91 Å². The molecule has 1 aromatic carbocycles. The Bertz CT molecular complexity index is 699. The van der Waals surface area contributed by atoms with Crippen LogP contribution in [-0.4, -0.2) is 31.1 Å². The van der Waals surface area contributed by atoms with Gasteiger partial charge in [-0.2, -0.15) is 0 Å². The summed E-state index contributed by atoms with van der Waals surface area (Å²) in [6.45, 7) is 0. The molecule has 0 aliphatic rings. The Balaban J connectivity index is 1.91. The maximum atomic E-state index is 12.5. The number of anilines is 1. The molecule has 7 heteroatoms. The number of benzene rings is 1. The van der Waals surface area contributed by atoms with Crippen LogP contribution in [0.15, 0.2) is 61.1 Å². The van der Waals surface area contributed by atoms with Gasteiger partial charge in [-0.25, -0.2) is 9.67 Å². The molecule has 1 atom stereocenters. The number of amides is 1. The number of rotatable bonds is 4. The van der Waals surface area contributed by atoms with Gasteiger partial charge in [-0.1, -0.05) is 36.4 Å². The van der Waals surface area contributed by atoms with E-state index in [4.69, 9.17) is 0 Å². The lowest BCUT2D eigenvalue weighted by atomic mass is 10.1. The van der Waals surface area contributed by atoms with Crippen molar-refractivity contribution in [2.24, 2.45) is 0 Å². The summed E-state index contributed by atoms with van der Waals surface area (Å²) in [6, 6.07) is 14.0. The summed E-state index contributed by atoms with van der Waals surface area (Å²) in [4.78, 5) is 16.6. The molecule has 3 aromatic rings. The second-order valence-electron chi connectivity index (χ2n) is 4.31. The largest absolute Gasteiger partial charge is 0.309 e. The highest BCUT2D eigenvalue weighted by Gasteiger charge is 2.24. The number of nitrogens with zero attached hydrogens (tertiary/aromatic N) is 5. The molecular weight excluding hydrogens is 268 g/mol. The smallest absolute Gasteiger partial charge is 0.255 e. The van der Waals surface area contributed by atoms with Crippen LogP contribution in [0, 0.1) is 0 Å². The predicted molar refractivity (Wildman–Crippen MR) is 75.3 cm³/mol. The molecule has 0 spiro atoms. The van der Waals surface area contributed by atoms with Gasteiger partial charge < -0.3 is 5.32 Å². The Labute approximate surface area is 120 Å². The van der Waals surface area contributed by atoms with Crippen molar-refractivity contribution in [2.45, 2.75) is 6.04 Å². The van der Waals surface area contributed by atoms with Crippen LogP contribution in [0.1, 0.15) is 11.6 Å². The molecule has 0 saturated heterocycles. The number of hydrogen-bond donors (Lipinski definition) is 1. The van der Waals surface area contributed by atoms with Crippen molar-refractivity contribution in [3.8, 4) is 0 Å². The normalized spacial score (nSPS) is 11.8. The average molecular weight is 280 g/mol. The first-order valence-corrected chi connectivity index (χ1v) is 6.34. The summed E-state index contributed by atoms with van der Waals surface area (Å²) < 4.78 is 1.41. The third-order valence-corrected chi connectivity index (χ3v) is 2.91. The molecule has 0 fully saturated rings. The highest BCUT2D eigenvalue weighted by Crippen LogP contribution is 2.18. The van der Waals surface area contributed by atoms with E-state index in [1.165, 1.54) is 11.0 Å². The Morgan fingerprint density at radius 1 is 1.10 bits per heavy atom. The Morgan fingerprint density at radius 2 is 1.90 bits per heavy atom. The zero-order valence-electron chi connectivity index (χ0n) is 11.0. The fraction of sp³-hybridized carbons (Fsp3) is 0.0714.